The van der Waals surface area contributed by atoms with E-state index in [4.69, 9.17) is 4.74 Å². The van der Waals surface area contributed by atoms with Gasteiger partial charge in [0.05, 0.1) is 6.61 Å². The molecule has 1 aromatic rings. The number of allylic oxidation sites excluding steroid dienone is 4. The molecular formula is C23H27NO2. The van der Waals surface area contributed by atoms with Crippen molar-refractivity contribution in [2.45, 2.75) is 46.0 Å². The van der Waals surface area contributed by atoms with Gasteiger partial charge in [-0.3, -0.25) is 9.78 Å². The van der Waals surface area contributed by atoms with E-state index in [1.54, 1.807) is 6.08 Å². The minimum Gasteiger partial charge on any atom is -0.497 e. The lowest BCUT2D eigenvalue weighted by Gasteiger charge is -2.57. The van der Waals surface area contributed by atoms with E-state index in [-0.39, 0.29) is 16.6 Å². The molecule has 5 atom stereocenters. The van der Waals surface area contributed by atoms with Gasteiger partial charge in [0.25, 0.3) is 0 Å². The summed E-state index contributed by atoms with van der Waals surface area (Å²) in [4.78, 5) is 16.2. The maximum Gasteiger partial charge on any atom is 0.159 e. The molecule has 1 aromatic heterocycles. The summed E-state index contributed by atoms with van der Waals surface area (Å²) in [6, 6.07) is 4.24. The average molecular weight is 349 g/mol. The molecule has 0 radical (unpaired) electrons. The highest BCUT2D eigenvalue weighted by atomic mass is 16.5. The van der Waals surface area contributed by atoms with Gasteiger partial charge in [-0.2, -0.15) is 0 Å². The van der Waals surface area contributed by atoms with Crippen molar-refractivity contribution < 1.29 is 9.53 Å². The fraction of sp³-hybridized carbons (Fsp3) is 0.565. The molecule has 2 heterocycles. The average Bonchev–Trinajstić information content (AvgIpc) is 3.00. The molecule has 1 saturated carbocycles. The second-order valence-electron chi connectivity index (χ2n) is 9.13. The van der Waals surface area contributed by atoms with Crippen LogP contribution in [0.25, 0.3) is 5.57 Å². The Balaban J connectivity index is 1.48. The molecule has 0 spiro atoms. The van der Waals surface area contributed by atoms with Gasteiger partial charge in [0.2, 0.25) is 0 Å². The standard InChI is InChI=1S/C23H27NO2/c1-22-10-8-20-17(14-26-21-12-16(25)7-9-23(20,21)2)19(22)6-5-18(22)15-4-3-11-24-13-15/h3-5,11-13,17,19-20H,6-10,14H2,1-2H3/t17-,19-,20-,22+,23+/m0/s1. The molecule has 4 aliphatic rings. The second-order valence-corrected chi connectivity index (χ2v) is 9.13. The minimum absolute atomic E-state index is 0.0508. The van der Waals surface area contributed by atoms with Gasteiger partial charge in [-0.1, -0.05) is 26.0 Å². The molecular weight excluding hydrogens is 322 g/mol. The third-order valence-electron chi connectivity index (χ3n) is 7.99. The second kappa shape index (κ2) is 5.55. The van der Waals surface area contributed by atoms with E-state index in [0.717, 1.165) is 25.2 Å². The molecule has 0 bridgehead atoms. The van der Waals surface area contributed by atoms with Crippen molar-refractivity contribution >= 4 is 11.4 Å². The van der Waals surface area contributed by atoms with Crippen LogP contribution in [0.2, 0.25) is 0 Å². The topological polar surface area (TPSA) is 39.2 Å². The monoisotopic (exact) mass is 349 g/mol. The van der Waals surface area contributed by atoms with Gasteiger partial charge in [0.1, 0.15) is 5.76 Å². The Bertz CT molecular complexity index is 811. The normalized spacial score (nSPS) is 41.3. The first-order chi connectivity index (χ1) is 12.5. The smallest absolute Gasteiger partial charge is 0.159 e. The fourth-order valence-corrected chi connectivity index (χ4v) is 6.50. The predicted molar refractivity (Wildman–Crippen MR) is 101 cm³/mol. The Morgan fingerprint density at radius 3 is 2.88 bits per heavy atom. The summed E-state index contributed by atoms with van der Waals surface area (Å²) in [5.41, 5.74) is 3.03. The molecule has 0 aromatic carbocycles. The van der Waals surface area contributed by atoms with Crippen molar-refractivity contribution in [2.75, 3.05) is 6.61 Å². The predicted octanol–water partition coefficient (Wildman–Crippen LogP) is 4.80. The molecule has 0 amide bonds. The Kier molecular flexibility index (Phi) is 3.47. The van der Waals surface area contributed by atoms with Crippen LogP contribution in [0.5, 0.6) is 0 Å². The zero-order valence-electron chi connectivity index (χ0n) is 15.7. The lowest BCUT2D eigenvalue weighted by molar-refractivity contribution is -0.124. The number of hydrogen-bond acceptors (Lipinski definition) is 3. The Morgan fingerprint density at radius 1 is 1.19 bits per heavy atom. The van der Waals surface area contributed by atoms with E-state index in [1.807, 2.05) is 18.5 Å². The van der Waals surface area contributed by atoms with Gasteiger partial charge in [-0.05, 0) is 60.1 Å². The third kappa shape index (κ3) is 2.12. The largest absolute Gasteiger partial charge is 0.497 e. The number of ether oxygens (including phenoxy) is 1. The number of rotatable bonds is 1. The zero-order valence-corrected chi connectivity index (χ0v) is 15.7. The lowest BCUT2D eigenvalue weighted by Crippen LogP contribution is -2.52. The number of nitrogens with zero attached hydrogens (tertiary/aromatic N) is 1. The van der Waals surface area contributed by atoms with Crippen LogP contribution in [0.1, 0.15) is 51.5 Å². The van der Waals surface area contributed by atoms with Crippen molar-refractivity contribution in [1.82, 2.24) is 4.98 Å². The Labute approximate surface area is 155 Å². The Hall–Kier alpha value is -1.90. The van der Waals surface area contributed by atoms with Crippen molar-refractivity contribution in [3.8, 4) is 0 Å². The van der Waals surface area contributed by atoms with E-state index in [1.165, 1.54) is 24.0 Å². The highest BCUT2D eigenvalue weighted by Crippen LogP contribution is 2.65. The maximum atomic E-state index is 11.9. The maximum absolute atomic E-state index is 11.9. The summed E-state index contributed by atoms with van der Waals surface area (Å²) in [5, 5.41) is 0. The fourth-order valence-electron chi connectivity index (χ4n) is 6.50. The van der Waals surface area contributed by atoms with Crippen LogP contribution >= 0.6 is 0 Å². The summed E-state index contributed by atoms with van der Waals surface area (Å²) < 4.78 is 6.22. The van der Waals surface area contributed by atoms with E-state index in [0.29, 0.717) is 24.2 Å². The number of pyridine rings is 1. The molecule has 3 heteroatoms. The Morgan fingerprint density at radius 2 is 2.08 bits per heavy atom. The van der Waals surface area contributed by atoms with E-state index in [2.05, 4.69) is 31.0 Å². The summed E-state index contributed by atoms with van der Waals surface area (Å²) in [5.74, 6) is 3.05. The van der Waals surface area contributed by atoms with Crippen molar-refractivity contribution in [3.05, 3.63) is 48.0 Å². The molecule has 1 aliphatic heterocycles. The van der Waals surface area contributed by atoms with Crippen LogP contribution in [-0.2, 0) is 9.53 Å². The molecule has 2 fully saturated rings. The summed E-state index contributed by atoms with van der Waals surface area (Å²) in [6.07, 6.45) is 13.3. The third-order valence-corrected chi connectivity index (χ3v) is 7.99. The highest BCUT2D eigenvalue weighted by Gasteiger charge is 2.58. The minimum atomic E-state index is 0.0508. The van der Waals surface area contributed by atoms with E-state index < -0.39 is 0 Å². The quantitative estimate of drug-likeness (QED) is 0.731. The number of carbonyl (C=O) groups excluding carboxylic acids is 1. The number of hydrogen-bond donors (Lipinski definition) is 0. The van der Waals surface area contributed by atoms with Crippen LogP contribution in [0, 0.1) is 28.6 Å². The lowest BCUT2D eigenvalue weighted by atomic mass is 9.50. The highest BCUT2D eigenvalue weighted by molar-refractivity contribution is 5.91. The van der Waals surface area contributed by atoms with Crippen molar-refractivity contribution in [1.29, 1.82) is 0 Å². The first kappa shape index (κ1) is 16.3. The number of fused-ring (bicyclic) bond motifs is 5. The molecule has 1 saturated heterocycles. The van der Waals surface area contributed by atoms with Gasteiger partial charge < -0.3 is 4.74 Å². The first-order valence-electron chi connectivity index (χ1n) is 10.0. The van der Waals surface area contributed by atoms with Gasteiger partial charge >= 0.3 is 0 Å². The molecule has 0 N–H and O–H groups in total. The zero-order chi connectivity index (χ0) is 17.9. The molecule has 136 valence electrons. The number of aromatic nitrogens is 1. The molecule has 3 aliphatic carbocycles. The SMILES string of the molecule is C[C@]12CCC(=O)C=C1OC[C@@H]1[C@@H]2CC[C@]2(C)C(c3cccnc3)=CC[C@@H]12. The van der Waals surface area contributed by atoms with Crippen LogP contribution in [0.3, 0.4) is 0 Å². The van der Waals surface area contributed by atoms with Gasteiger partial charge in [-0.15, -0.1) is 0 Å². The van der Waals surface area contributed by atoms with Crippen LogP contribution in [-0.4, -0.2) is 17.4 Å². The number of ketones is 1. The first-order valence-corrected chi connectivity index (χ1v) is 10.0. The molecule has 3 nitrogen and oxygen atoms in total. The van der Waals surface area contributed by atoms with Crippen LogP contribution in [0.4, 0.5) is 0 Å². The summed E-state index contributed by atoms with van der Waals surface area (Å²) >= 11 is 0. The molecule has 0 unspecified atom stereocenters. The number of carbonyl (C=O) groups is 1. The molecule has 5 rings (SSSR count). The van der Waals surface area contributed by atoms with Gasteiger partial charge in [0, 0.05) is 36.2 Å². The van der Waals surface area contributed by atoms with Gasteiger partial charge in [0.15, 0.2) is 5.78 Å². The summed E-state index contributed by atoms with van der Waals surface area (Å²) in [7, 11) is 0. The molecule has 26 heavy (non-hydrogen) atoms. The van der Waals surface area contributed by atoms with Gasteiger partial charge in [-0.25, -0.2) is 0 Å². The van der Waals surface area contributed by atoms with Crippen molar-refractivity contribution in [3.63, 3.8) is 0 Å². The van der Waals surface area contributed by atoms with E-state index in [9.17, 15) is 4.79 Å². The van der Waals surface area contributed by atoms with Crippen LogP contribution in [0.15, 0.2) is 42.4 Å². The summed E-state index contributed by atoms with van der Waals surface area (Å²) in [6.45, 7) is 5.57. The van der Waals surface area contributed by atoms with Crippen molar-refractivity contribution in [2.24, 2.45) is 28.6 Å². The van der Waals surface area contributed by atoms with E-state index >= 15 is 0 Å². The van der Waals surface area contributed by atoms with Crippen LogP contribution < -0.4 is 0 Å².